The Morgan fingerprint density at radius 3 is 2.30 bits per heavy atom. The lowest BCUT2D eigenvalue weighted by molar-refractivity contribution is 0.101. The molecule has 0 fully saturated rings. The number of hydrogen-bond donors (Lipinski definition) is 1. The zero-order chi connectivity index (χ0) is 16.8. The molecule has 0 amide bonds. The van der Waals surface area contributed by atoms with Crippen LogP contribution < -0.4 is 5.73 Å². The van der Waals surface area contributed by atoms with E-state index in [1.54, 1.807) is 12.1 Å². The molecule has 0 atom stereocenters. The van der Waals surface area contributed by atoms with E-state index in [0.717, 1.165) is 23.3 Å². The maximum absolute atomic E-state index is 12.2. The van der Waals surface area contributed by atoms with Crippen LogP contribution in [0.4, 0.5) is 0 Å². The number of carbonyl (C=O) groups is 1. The lowest BCUT2D eigenvalue weighted by atomic mass is 10.1. The number of nitrogens with two attached hydrogens (primary N) is 1. The number of rotatable bonds is 7. The number of aryl methyl sites for hydroxylation is 1. The lowest BCUT2D eigenvalue weighted by Gasteiger charge is -2.12. The fraction of sp³-hybridized carbons (Fsp3) is 0.222. The highest BCUT2D eigenvalue weighted by Gasteiger charge is 2.18. The minimum Gasteiger partial charge on any atom is -0.316 e. The van der Waals surface area contributed by atoms with Crippen molar-refractivity contribution in [3.8, 4) is 0 Å². The summed E-state index contributed by atoms with van der Waals surface area (Å²) in [5, 5.41) is 1.21. The van der Waals surface area contributed by atoms with Gasteiger partial charge in [-0.2, -0.15) is 0 Å². The van der Waals surface area contributed by atoms with Crippen molar-refractivity contribution in [2.75, 3.05) is 5.75 Å². The molecule has 0 aliphatic rings. The highest BCUT2D eigenvalue weighted by molar-refractivity contribution is 7.99. The molecule has 0 aliphatic carbocycles. The van der Waals surface area contributed by atoms with Crippen LogP contribution in [0.1, 0.15) is 29.3 Å². The van der Waals surface area contributed by atoms with Crippen molar-refractivity contribution < 1.29 is 4.79 Å². The predicted octanol–water partition coefficient (Wildman–Crippen LogP) is 5.41. The molecule has 2 N–H and O–H groups in total. The zero-order valence-corrected chi connectivity index (χ0v) is 15.1. The molecule has 0 bridgehead atoms. The van der Waals surface area contributed by atoms with Gasteiger partial charge in [0.15, 0.2) is 5.78 Å². The fourth-order valence-corrected chi connectivity index (χ4v) is 3.86. The maximum Gasteiger partial charge on any atom is 0.185 e. The van der Waals surface area contributed by atoms with Crippen molar-refractivity contribution in [2.45, 2.75) is 24.7 Å². The van der Waals surface area contributed by atoms with E-state index in [1.165, 1.54) is 11.8 Å². The van der Waals surface area contributed by atoms with Gasteiger partial charge in [-0.15, -0.1) is 11.8 Å². The van der Waals surface area contributed by atoms with Gasteiger partial charge in [-0.25, -0.2) is 0 Å². The average Bonchev–Trinajstić information content (AvgIpc) is 2.54. The summed E-state index contributed by atoms with van der Waals surface area (Å²) in [4.78, 5) is 13.0. The summed E-state index contributed by atoms with van der Waals surface area (Å²) in [5.41, 5.74) is 7.63. The van der Waals surface area contributed by atoms with E-state index < -0.39 is 0 Å². The van der Waals surface area contributed by atoms with E-state index in [2.05, 4.69) is 6.92 Å². The van der Waals surface area contributed by atoms with E-state index in [4.69, 9.17) is 28.9 Å². The van der Waals surface area contributed by atoms with E-state index in [1.807, 2.05) is 30.3 Å². The second-order valence-electron chi connectivity index (χ2n) is 5.15. The number of carbonyl (C=O) groups excluding carboxylic acids is 1. The molecule has 1 radical (unpaired) electrons. The molecular formula is C18H18Cl2NOS. The molecular weight excluding hydrogens is 349 g/mol. The normalized spacial score (nSPS) is 11.0. The quantitative estimate of drug-likeness (QED) is 0.525. The van der Waals surface area contributed by atoms with Gasteiger partial charge in [0.2, 0.25) is 0 Å². The molecule has 121 valence electrons. The zero-order valence-electron chi connectivity index (χ0n) is 12.8. The van der Waals surface area contributed by atoms with Gasteiger partial charge in [-0.1, -0.05) is 66.9 Å². The third-order valence-corrected chi connectivity index (χ3v) is 5.30. The SMILES string of the molecule is CCCc1cc(Cl)c(SC[C](N)C(=O)c2ccccc2)c(Cl)c1. The first-order valence-electron chi connectivity index (χ1n) is 7.34. The van der Waals surface area contributed by atoms with Crippen LogP contribution in [0.3, 0.4) is 0 Å². The van der Waals surface area contributed by atoms with Crippen LogP contribution in [0.15, 0.2) is 47.4 Å². The van der Waals surface area contributed by atoms with Gasteiger partial charge in [-0.3, -0.25) is 4.79 Å². The van der Waals surface area contributed by atoms with E-state index in [-0.39, 0.29) is 11.8 Å². The minimum atomic E-state index is -0.159. The molecule has 0 aromatic heterocycles. The van der Waals surface area contributed by atoms with E-state index in [0.29, 0.717) is 21.4 Å². The number of ketones is 1. The van der Waals surface area contributed by atoms with Gasteiger partial charge < -0.3 is 5.73 Å². The first-order valence-corrected chi connectivity index (χ1v) is 9.08. The van der Waals surface area contributed by atoms with Crippen LogP contribution in [0.5, 0.6) is 0 Å². The Morgan fingerprint density at radius 2 is 1.74 bits per heavy atom. The smallest absolute Gasteiger partial charge is 0.185 e. The second-order valence-corrected chi connectivity index (χ2v) is 6.95. The monoisotopic (exact) mass is 366 g/mol. The first-order chi connectivity index (χ1) is 11.0. The Kier molecular flexibility index (Phi) is 6.97. The van der Waals surface area contributed by atoms with Crippen molar-refractivity contribution in [2.24, 2.45) is 5.73 Å². The van der Waals surface area contributed by atoms with Crippen LogP contribution >= 0.6 is 35.0 Å². The third-order valence-electron chi connectivity index (χ3n) is 3.30. The molecule has 0 saturated heterocycles. The maximum atomic E-state index is 12.2. The van der Waals surface area contributed by atoms with Crippen LogP contribution in [0.2, 0.25) is 10.0 Å². The molecule has 0 unspecified atom stereocenters. The third kappa shape index (κ3) is 4.98. The summed E-state index contributed by atoms with van der Waals surface area (Å²) in [6.07, 6.45) is 1.97. The Bertz CT molecular complexity index is 653. The van der Waals surface area contributed by atoms with Crippen LogP contribution in [0.25, 0.3) is 0 Å². The average molecular weight is 367 g/mol. The largest absolute Gasteiger partial charge is 0.316 e. The summed E-state index contributed by atoms with van der Waals surface area (Å²) in [7, 11) is 0. The molecule has 2 aromatic rings. The number of benzene rings is 2. The molecule has 2 nitrogen and oxygen atoms in total. The van der Waals surface area contributed by atoms with Crippen LogP contribution in [-0.4, -0.2) is 11.5 Å². The van der Waals surface area contributed by atoms with E-state index >= 15 is 0 Å². The minimum absolute atomic E-state index is 0.159. The summed E-state index contributed by atoms with van der Waals surface area (Å²) < 4.78 is 0. The van der Waals surface area contributed by atoms with Crippen molar-refractivity contribution in [3.63, 3.8) is 0 Å². The van der Waals surface area contributed by atoms with Gasteiger partial charge in [0.1, 0.15) is 6.04 Å². The first kappa shape index (κ1) is 18.3. The lowest BCUT2D eigenvalue weighted by Crippen LogP contribution is -2.23. The van der Waals surface area contributed by atoms with Gasteiger partial charge in [0.05, 0.1) is 10.0 Å². The Balaban J connectivity index is 2.04. The fourth-order valence-electron chi connectivity index (χ4n) is 2.17. The number of thioether (sulfide) groups is 1. The Labute approximate surface area is 151 Å². The Morgan fingerprint density at radius 1 is 1.13 bits per heavy atom. The van der Waals surface area contributed by atoms with Gasteiger partial charge >= 0.3 is 0 Å². The molecule has 0 aliphatic heterocycles. The molecule has 0 spiro atoms. The molecule has 0 heterocycles. The summed E-state index contributed by atoms with van der Waals surface area (Å²) >= 11 is 14.0. The standard InChI is InChI=1S/C18H18Cl2NOS/c1-2-6-12-9-14(19)18(15(20)10-12)23-11-16(21)17(22)13-7-4-3-5-8-13/h3-5,7-10H,2,6,11,21H2,1H3. The van der Waals surface area contributed by atoms with Crippen molar-refractivity contribution in [1.82, 2.24) is 0 Å². The van der Waals surface area contributed by atoms with Gasteiger partial charge in [-0.05, 0) is 24.1 Å². The molecule has 0 saturated carbocycles. The molecule has 23 heavy (non-hydrogen) atoms. The van der Waals surface area contributed by atoms with Crippen LogP contribution in [0, 0.1) is 6.04 Å². The predicted molar refractivity (Wildman–Crippen MR) is 99.4 cm³/mol. The van der Waals surface area contributed by atoms with Gasteiger partial charge in [0, 0.05) is 16.2 Å². The van der Waals surface area contributed by atoms with Crippen molar-refractivity contribution in [3.05, 3.63) is 69.7 Å². The van der Waals surface area contributed by atoms with E-state index in [9.17, 15) is 4.79 Å². The second kappa shape index (κ2) is 8.74. The highest BCUT2D eigenvalue weighted by atomic mass is 35.5. The summed E-state index contributed by atoms with van der Waals surface area (Å²) in [6.45, 7) is 2.11. The number of halogens is 2. The molecule has 5 heteroatoms. The Hall–Kier alpha value is -1.00. The summed E-state index contributed by atoms with van der Waals surface area (Å²) in [6, 6.07) is 13.1. The molecule has 2 rings (SSSR count). The summed E-state index contributed by atoms with van der Waals surface area (Å²) in [5.74, 6) is 0.188. The number of Topliss-reactive ketones (excluding diaryl/α,β-unsaturated/α-hetero) is 1. The van der Waals surface area contributed by atoms with Gasteiger partial charge in [0.25, 0.3) is 0 Å². The topological polar surface area (TPSA) is 43.1 Å². The number of hydrogen-bond acceptors (Lipinski definition) is 3. The van der Waals surface area contributed by atoms with Crippen molar-refractivity contribution in [1.29, 1.82) is 0 Å². The van der Waals surface area contributed by atoms with Crippen LogP contribution in [-0.2, 0) is 6.42 Å². The highest BCUT2D eigenvalue weighted by Crippen LogP contribution is 2.36. The van der Waals surface area contributed by atoms with Crippen molar-refractivity contribution >= 4 is 40.7 Å². The molecule has 2 aromatic carbocycles.